The van der Waals surface area contributed by atoms with Crippen molar-refractivity contribution >= 4 is 29.3 Å². The highest BCUT2D eigenvalue weighted by Crippen LogP contribution is 2.36. The number of rotatable bonds is 9. The van der Waals surface area contributed by atoms with Crippen LogP contribution in [0.3, 0.4) is 0 Å². The number of likely N-dealkylation sites (tertiary alicyclic amines) is 1. The average Bonchev–Trinajstić information content (AvgIpc) is 3.59. The number of fused-ring (bicyclic) bond motifs is 3. The van der Waals surface area contributed by atoms with E-state index in [1.807, 2.05) is 30.3 Å². The van der Waals surface area contributed by atoms with Gasteiger partial charge in [0, 0.05) is 18.2 Å². The predicted molar refractivity (Wildman–Crippen MR) is 175 cm³/mol. The molecule has 4 aromatic rings. The summed E-state index contributed by atoms with van der Waals surface area (Å²) in [5, 5.41) is 3.43. The van der Waals surface area contributed by atoms with Crippen molar-refractivity contribution in [3.05, 3.63) is 125 Å². The van der Waals surface area contributed by atoms with Gasteiger partial charge in [-0.15, -0.1) is 0 Å². The summed E-state index contributed by atoms with van der Waals surface area (Å²) in [6, 6.07) is 29.9. The van der Waals surface area contributed by atoms with Crippen LogP contribution in [-0.2, 0) is 27.3 Å². The Morgan fingerprint density at radius 1 is 0.783 bits per heavy atom. The molecule has 2 saturated heterocycles. The maximum atomic E-state index is 13.3. The maximum absolute atomic E-state index is 13.3. The lowest BCUT2D eigenvalue weighted by Crippen LogP contribution is -2.48. The fourth-order valence-corrected chi connectivity index (χ4v) is 6.78. The Morgan fingerprint density at radius 2 is 1.48 bits per heavy atom. The molecule has 2 amide bonds. The van der Waals surface area contributed by atoms with E-state index in [9.17, 15) is 19.2 Å². The maximum Gasteiger partial charge on any atom is 0.338 e. The second-order valence-corrected chi connectivity index (χ2v) is 12.3. The molecule has 3 aliphatic rings. The Balaban J connectivity index is 0.903. The molecule has 0 spiro atoms. The molecular formula is C38H35N3O5. The van der Waals surface area contributed by atoms with E-state index in [-0.39, 0.29) is 42.2 Å². The third-order valence-corrected chi connectivity index (χ3v) is 9.23. The minimum Gasteiger partial charge on any atom is -0.454 e. The van der Waals surface area contributed by atoms with Gasteiger partial charge in [-0.05, 0) is 90.5 Å². The molecule has 0 saturated carbocycles. The Hall–Kier alpha value is -4.92. The highest BCUT2D eigenvalue weighted by molar-refractivity contribution is 6.22. The molecule has 2 heterocycles. The molecule has 8 nitrogen and oxygen atoms in total. The van der Waals surface area contributed by atoms with E-state index >= 15 is 0 Å². The topological polar surface area (TPSA) is 96.0 Å². The normalized spacial score (nSPS) is 18.0. The van der Waals surface area contributed by atoms with Gasteiger partial charge in [-0.1, -0.05) is 66.7 Å². The SMILES string of the molecule is O=C(COC(=O)c1ccc(N2C(=O)CC(NC3CCN(Cc4ccccc4)CC3)C2=O)cc1)c1ccc2c(c1)Cc1ccccc1-2. The van der Waals surface area contributed by atoms with Crippen LogP contribution < -0.4 is 10.2 Å². The van der Waals surface area contributed by atoms with E-state index in [4.69, 9.17) is 4.74 Å². The number of piperidine rings is 1. The number of nitrogens with zero attached hydrogens (tertiary/aromatic N) is 2. The van der Waals surface area contributed by atoms with Crippen LogP contribution in [0, 0.1) is 0 Å². The number of carbonyl (C=O) groups is 4. The van der Waals surface area contributed by atoms with Gasteiger partial charge in [0.1, 0.15) is 0 Å². The molecule has 1 unspecified atom stereocenters. The summed E-state index contributed by atoms with van der Waals surface area (Å²) >= 11 is 0. The van der Waals surface area contributed by atoms with Crippen molar-refractivity contribution in [3.8, 4) is 11.1 Å². The van der Waals surface area contributed by atoms with Crippen LogP contribution in [0.15, 0.2) is 97.1 Å². The van der Waals surface area contributed by atoms with Crippen LogP contribution in [0.2, 0.25) is 0 Å². The minimum atomic E-state index is -0.648. The molecule has 232 valence electrons. The number of hydrogen-bond donors (Lipinski definition) is 1. The first-order valence-corrected chi connectivity index (χ1v) is 15.8. The second-order valence-electron chi connectivity index (χ2n) is 12.3. The lowest BCUT2D eigenvalue weighted by molar-refractivity contribution is -0.121. The number of nitrogens with one attached hydrogen (secondary N) is 1. The van der Waals surface area contributed by atoms with Gasteiger partial charge in [0.2, 0.25) is 5.91 Å². The molecule has 2 aliphatic heterocycles. The fourth-order valence-electron chi connectivity index (χ4n) is 6.78. The fraction of sp³-hybridized carbons (Fsp3) is 0.263. The van der Waals surface area contributed by atoms with Crippen LogP contribution in [0.4, 0.5) is 5.69 Å². The second kappa shape index (κ2) is 12.8. The first-order chi connectivity index (χ1) is 22.4. The van der Waals surface area contributed by atoms with Crippen LogP contribution in [0.1, 0.15) is 56.7 Å². The van der Waals surface area contributed by atoms with Crippen molar-refractivity contribution in [3.63, 3.8) is 0 Å². The molecule has 7 rings (SSSR count). The van der Waals surface area contributed by atoms with Crippen LogP contribution in [0.25, 0.3) is 11.1 Å². The van der Waals surface area contributed by atoms with E-state index in [0.717, 1.165) is 50.0 Å². The van der Waals surface area contributed by atoms with Gasteiger partial charge in [0.25, 0.3) is 5.91 Å². The first kappa shape index (κ1) is 29.8. The van der Waals surface area contributed by atoms with Crippen molar-refractivity contribution < 1.29 is 23.9 Å². The zero-order chi connectivity index (χ0) is 31.6. The molecule has 46 heavy (non-hydrogen) atoms. The smallest absolute Gasteiger partial charge is 0.338 e. The number of esters is 1. The summed E-state index contributed by atoms with van der Waals surface area (Å²) in [5.41, 5.74) is 7.06. The Bertz CT molecular complexity index is 1800. The molecule has 0 aromatic heterocycles. The summed E-state index contributed by atoms with van der Waals surface area (Å²) in [4.78, 5) is 55.3. The molecule has 0 bridgehead atoms. The summed E-state index contributed by atoms with van der Waals surface area (Å²) in [6.07, 6.45) is 2.69. The summed E-state index contributed by atoms with van der Waals surface area (Å²) in [6.45, 7) is 2.38. The van der Waals surface area contributed by atoms with Gasteiger partial charge in [0.05, 0.1) is 23.7 Å². The third-order valence-electron chi connectivity index (χ3n) is 9.23. The quantitative estimate of drug-likeness (QED) is 0.139. The largest absolute Gasteiger partial charge is 0.454 e. The van der Waals surface area contributed by atoms with Crippen LogP contribution >= 0.6 is 0 Å². The van der Waals surface area contributed by atoms with Gasteiger partial charge >= 0.3 is 5.97 Å². The number of ketones is 1. The number of benzene rings is 4. The van der Waals surface area contributed by atoms with E-state index in [0.29, 0.717) is 11.3 Å². The van der Waals surface area contributed by atoms with Crippen molar-refractivity contribution in [1.29, 1.82) is 0 Å². The zero-order valence-electron chi connectivity index (χ0n) is 25.5. The number of Topliss-reactive ketones (excluding diaryl/α,β-unsaturated/α-hetero) is 1. The summed E-state index contributed by atoms with van der Waals surface area (Å²) < 4.78 is 5.33. The molecule has 1 N–H and O–H groups in total. The number of anilines is 1. The van der Waals surface area contributed by atoms with E-state index in [2.05, 4.69) is 46.6 Å². The first-order valence-electron chi connectivity index (χ1n) is 15.8. The molecule has 8 heteroatoms. The van der Waals surface area contributed by atoms with Crippen molar-refractivity contribution in [2.75, 3.05) is 24.6 Å². The number of imide groups is 1. The number of amides is 2. The summed E-state index contributed by atoms with van der Waals surface area (Å²) in [5.74, 6) is -1.49. The standard InChI is InChI=1S/C38H35N3O5/c42-35(28-12-15-33-29(21-28)20-27-8-4-5-9-32(27)33)24-46-38(45)26-10-13-31(14-11-26)41-36(43)22-34(37(41)44)39-30-16-18-40(19-17-30)23-25-6-2-1-3-7-25/h1-15,21,30,34,39H,16-20,22-24H2. The average molecular weight is 614 g/mol. The van der Waals surface area contributed by atoms with Gasteiger partial charge in [-0.2, -0.15) is 0 Å². The predicted octanol–water partition coefficient (Wildman–Crippen LogP) is 5.18. The van der Waals surface area contributed by atoms with E-state index < -0.39 is 12.0 Å². The van der Waals surface area contributed by atoms with Crippen molar-refractivity contribution in [1.82, 2.24) is 10.2 Å². The van der Waals surface area contributed by atoms with E-state index in [1.165, 1.54) is 33.7 Å². The van der Waals surface area contributed by atoms with Gasteiger partial charge in [-0.3, -0.25) is 19.3 Å². The monoisotopic (exact) mass is 613 g/mol. The Labute approximate surface area is 268 Å². The number of carbonyl (C=O) groups excluding carboxylic acids is 4. The van der Waals surface area contributed by atoms with Crippen molar-refractivity contribution in [2.45, 2.75) is 44.3 Å². The molecule has 2 fully saturated rings. The molecule has 1 atom stereocenters. The highest BCUT2D eigenvalue weighted by atomic mass is 16.5. The van der Waals surface area contributed by atoms with Gasteiger partial charge < -0.3 is 10.1 Å². The third kappa shape index (κ3) is 6.14. The Morgan fingerprint density at radius 3 is 2.26 bits per heavy atom. The minimum absolute atomic E-state index is 0.101. The number of hydrogen-bond acceptors (Lipinski definition) is 7. The molecule has 0 radical (unpaired) electrons. The van der Waals surface area contributed by atoms with E-state index in [1.54, 1.807) is 18.2 Å². The number of ether oxygens (including phenoxy) is 1. The lowest BCUT2D eigenvalue weighted by atomic mass is 10.0. The zero-order valence-corrected chi connectivity index (χ0v) is 25.5. The molecular weight excluding hydrogens is 578 g/mol. The summed E-state index contributed by atoms with van der Waals surface area (Å²) in [7, 11) is 0. The Kier molecular flexibility index (Phi) is 8.30. The van der Waals surface area contributed by atoms with Gasteiger partial charge in [0.15, 0.2) is 12.4 Å². The van der Waals surface area contributed by atoms with Gasteiger partial charge in [-0.25, -0.2) is 9.69 Å². The molecule has 4 aromatic carbocycles. The van der Waals surface area contributed by atoms with Crippen molar-refractivity contribution in [2.24, 2.45) is 0 Å². The van der Waals surface area contributed by atoms with Crippen LogP contribution in [-0.4, -0.2) is 60.2 Å². The lowest BCUT2D eigenvalue weighted by Gasteiger charge is -2.33. The highest BCUT2D eigenvalue weighted by Gasteiger charge is 2.40. The van der Waals surface area contributed by atoms with Crippen LogP contribution in [0.5, 0.6) is 0 Å². The molecule has 1 aliphatic carbocycles.